The summed E-state index contributed by atoms with van der Waals surface area (Å²) in [5, 5.41) is 7.60. The molecular formula is C28H27N3O3. The maximum absolute atomic E-state index is 13.6. The van der Waals surface area contributed by atoms with Crippen LogP contribution in [0.5, 0.6) is 11.5 Å². The number of aromatic nitrogens is 2. The average Bonchev–Trinajstić information content (AvgIpc) is 3.42. The maximum atomic E-state index is 13.6. The fourth-order valence-corrected chi connectivity index (χ4v) is 4.62. The van der Waals surface area contributed by atoms with Crippen LogP contribution in [0.4, 0.5) is 0 Å². The number of hydrogen-bond acceptors (Lipinski definition) is 4. The Bertz CT molecular complexity index is 1310. The molecule has 3 aromatic carbocycles. The fraction of sp³-hybridized carbons (Fsp3) is 0.214. The molecule has 0 spiro atoms. The predicted molar refractivity (Wildman–Crippen MR) is 131 cm³/mol. The number of rotatable bonds is 7. The van der Waals surface area contributed by atoms with Crippen molar-refractivity contribution in [3.05, 3.63) is 101 Å². The molecule has 1 atom stereocenters. The number of fused-ring (bicyclic) bond motifs is 1. The summed E-state index contributed by atoms with van der Waals surface area (Å²) >= 11 is 0. The molecule has 5 rings (SSSR count). The predicted octanol–water partition coefficient (Wildman–Crippen LogP) is 5.19. The Hall–Kier alpha value is -4.06. The molecule has 0 fully saturated rings. The van der Waals surface area contributed by atoms with Gasteiger partial charge in [-0.05, 0) is 36.6 Å². The van der Waals surface area contributed by atoms with Crippen LogP contribution in [0.3, 0.4) is 0 Å². The van der Waals surface area contributed by atoms with Gasteiger partial charge in [-0.15, -0.1) is 0 Å². The molecule has 0 radical (unpaired) electrons. The number of amides is 1. The van der Waals surface area contributed by atoms with E-state index >= 15 is 0 Å². The number of methoxy groups -OCH3 is 2. The molecule has 6 nitrogen and oxygen atoms in total. The summed E-state index contributed by atoms with van der Waals surface area (Å²) < 4.78 is 11.0. The zero-order chi connectivity index (χ0) is 23.7. The van der Waals surface area contributed by atoms with E-state index in [0.29, 0.717) is 23.7 Å². The van der Waals surface area contributed by atoms with Crippen LogP contribution in [0.1, 0.15) is 38.8 Å². The number of carbonyl (C=O) groups excluding carboxylic acids is 1. The highest BCUT2D eigenvalue weighted by Crippen LogP contribution is 2.44. The molecule has 4 aromatic rings. The minimum atomic E-state index is -0.291. The summed E-state index contributed by atoms with van der Waals surface area (Å²) in [6.45, 7) is 2.64. The second-order valence-corrected chi connectivity index (χ2v) is 8.48. The number of nitrogens with zero attached hydrogens (tertiary/aromatic N) is 2. The van der Waals surface area contributed by atoms with Gasteiger partial charge in [0.1, 0.15) is 5.69 Å². The van der Waals surface area contributed by atoms with Gasteiger partial charge >= 0.3 is 0 Å². The van der Waals surface area contributed by atoms with Crippen molar-refractivity contribution in [3.8, 4) is 22.8 Å². The van der Waals surface area contributed by atoms with Gasteiger partial charge in [-0.25, -0.2) is 0 Å². The first-order chi connectivity index (χ1) is 16.6. The molecule has 172 valence electrons. The van der Waals surface area contributed by atoms with Crippen molar-refractivity contribution < 1.29 is 14.3 Å². The van der Waals surface area contributed by atoms with E-state index in [-0.39, 0.29) is 11.9 Å². The second kappa shape index (κ2) is 9.06. The lowest BCUT2D eigenvalue weighted by molar-refractivity contribution is 0.0745. The Morgan fingerprint density at radius 2 is 1.68 bits per heavy atom. The summed E-state index contributed by atoms with van der Waals surface area (Å²) in [5.74, 6) is 1.23. The van der Waals surface area contributed by atoms with E-state index in [1.54, 1.807) is 14.2 Å². The third kappa shape index (κ3) is 3.81. The Kier molecular flexibility index (Phi) is 5.80. The van der Waals surface area contributed by atoms with Crippen molar-refractivity contribution in [1.82, 2.24) is 15.1 Å². The van der Waals surface area contributed by atoms with Gasteiger partial charge in [-0.3, -0.25) is 9.89 Å². The zero-order valence-corrected chi connectivity index (χ0v) is 19.5. The van der Waals surface area contributed by atoms with Crippen LogP contribution in [0.2, 0.25) is 0 Å². The smallest absolute Gasteiger partial charge is 0.273 e. The molecular weight excluding hydrogens is 426 g/mol. The minimum Gasteiger partial charge on any atom is -0.493 e. The van der Waals surface area contributed by atoms with Gasteiger partial charge in [0.05, 0.1) is 26.0 Å². The van der Waals surface area contributed by atoms with E-state index in [1.807, 2.05) is 41.3 Å². The minimum absolute atomic E-state index is 0.0448. The van der Waals surface area contributed by atoms with E-state index < -0.39 is 0 Å². The molecule has 1 N–H and O–H groups in total. The third-order valence-electron chi connectivity index (χ3n) is 6.40. The topological polar surface area (TPSA) is 67.5 Å². The van der Waals surface area contributed by atoms with Crippen molar-refractivity contribution in [2.45, 2.75) is 19.4 Å². The molecule has 2 heterocycles. The largest absolute Gasteiger partial charge is 0.493 e. The SMILES string of the molecule is COc1ccc(C2c3c(-c4ccc(C)cc4)n[nH]c3C(=O)N2CCc2ccccc2)cc1OC. The van der Waals surface area contributed by atoms with Gasteiger partial charge in [-0.1, -0.05) is 66.2 Å². The van der Waals surface area contributed by atoms with Crippen molar-refractivity contribution in [1.29, 1.82) is 0 Å². The van der Waals surface area contributed by atoms with Gasteiger partial charge in [-0.2, -0.15) is 5.10 Å². The zero-order valence-electron chi connectivity index (χ0n) is 19.5. The number of hydrogen-bond donors (Lipinski definition) is 1. The Balaban J connectivity index is 1.60. The van der Waals surface area contributed by atoms with Crippen molar-refractivity contribution in [2.24, 2.45) is 0 Å². The van der Waals surface area contributed by atoms with E-state index in [0.717, 1.165) is 28.8 Å². The molecule has 1 unspecified atom stereocenters. The van der Waals surface area contributed by atoms with E-state index in [2.05, 4.69) is 53.5 Å². The number of ether oxygens (including phenoxy) is 2. The molecule has 1 aromatic heterocycles. The number of carbonyl (C=O) groups is 1. The molecule has 0 saturated heterocycles. The van der Waals surface area contributed by atoms with Crippen LogP contribution < -0.4 is 9.47 Å². The summed E-state index contributed by atoms with van der Waals surface area (Å²) in [6, 6.07) is 24.0. The van der Waals surface area contributed by atoms with Crippen LogP contribution in [-0.2, 0) is 6.42 Å². The van der Waals surface area contributed by atoms with Gasteiger partial charge in [0, 0.05) is 17.7 Å². The number of nitrogens with one attached hydrogen (secondary N) is 1. The molecule has 34 heavy (non-hydrogen) atoms. The molecule has 1 aliphatic heterocycles. The summed E-state index contributed by atoms with van der Waals surface area (Å²) in [4.78, 5) is 15.5. The second-order valence-electron chi connectivity index (χ2n) is 8.48. The molecule has 6 heteroatoms. The van der Waals surface area contributed by atoms with Crippen LogP contribution in [0.25, 0.3) is 11.3 Å². The van der Waals surface area contributed by atoms with Crippen molar-refractivity contribution in [3.63, 3.8) is 0 Å². The normalized spacial score (nSPS) is 14.9. The molecule has 0 bridgehead atoms. The lowest BCUT2D eigenvalue weighted by atomic mass is 9.95. The van der Waals surface area contributed by atoms with Crippen LogP contribution in [0.15, 0.2) is 72.8 Å². The number of aryl methyl sites for hydroxylation is 1. The first-order valence-corrected chi connectivity index (χ1v) is 11.3. The lowest BCUT2D eigenvalue weighted by Gasteiger charge is -2.27. The summed E-state index contributed by atoms with van der Waals surface area (Å²) in [6.07, 6.45) is 0.758. The Morgan fingerprint density at radius 1 is 0.941 bits per heavy atom. The maximum Gasteiger partial charge on any atom is 0.273 e. The summed E-state index contributed by atoms with van der Waals surface area (Å²) in [7, 11) is 3.24. The fourth-order valence-electron chi connectivity index (χ4n) is 4.62. The number of H-pyrrole nitrogens is 1. The van der Waals surface area contributed by atoms with Crippen LogP contribution in [-0.4, -0.2) is 41.8 Å². The molecule has 1 aliphatic rings. The Labute approximate surface area is 199 Å². The highest BCUT2D eigenvalue weighted by molar-refractivity contribution is 6.00. The van der Waals surface area contributed by atoms with E-state index in [9.17, 15) is 4.79 Å². The van der Waals surface area contributed by atoms with E-state index in [1.165, 1.54) is 11.1 Å². The quantitative estimate of drug-likeness (QED) is 0.418. The first-order valence-electron chi connectivity index (χ1n) is 11.3. The average molecular weight is 454 g/mol. The number of benzene rings is 3. The van der Waals surface area contributed by atoms with Gasteiger partial charge in [0.2, 0.25) is 0 Å². The van der Waals surface area contributed by atoms with Gasteiger partial charge < -0.3 is 14.4 Å². The third-order valence-corrected chi connectivity index (χ3v) is 6.40. The highest BCUT2D eigenvalue weighted by Gasteiger charge is 2.42. The standard InChI is InChI=1S/C28H27N3O3/c1-18-9-11-20(12-10-18)25-24-26(30-29-25)28(32)31(16-15-19-7-5-4-6-8-19)27(24)21-13-14-22(33-2)23(17-21)34-3/h4-14,17,27H,15-16H2,1-3H3,(H,29,30). The van der Waals surface area contributed by atoms with Crippen molar-refractivity contribution in [2.75, 3.05) is 20.8 Å². The van der Waals surface area contributed by atoms with Crippen molar-refractivity contribution >= 4 is 5.91 Å². The molecule has 0 saturated carbocycles. The van der Waals surface area contributed by atoms with Gasteiger partial charge in [0.25, 0.3) is 5.91 Å². The Morgan fingerprint density at radius 3 is 2.38 bits per heavy atom. The van der Waals surface area contributed by atoms with E-state index in [4.69, 9.17) is 9.47 Å². The molecule has 0 aliphatic carbocycles. The van der Waals surface area contributed by atoms with Crippen LogP contribution in [0, 0.1) is 6.92 Å². The highest BCUT2D eigenvalue weighted by atomic mass is 16.5. The van der Waals surface area contributed by atoms with Crippen LogP contribution >= 0.6 is 0 Å². The first kappa shape index (κ1) is 21.8. The molecule has 1 amide bonds. The summed E-state index contributed by atoms with van der Waals surface area (Å²) in [5.41, 5.74) is 6.53. The van der Waals surface area contributed by atoms with Gasteiger partial charge in [0.15, 0.2) is 11.5 Å². The monoisotopic (exact) mass is 453 g/mol. The lowest BCUT2D eigenvalue weighted by Crippen LogP contribution is -2.31. The number of aromatic amines is 1.